The van der Waals surface area contributed by atoms with Gasteiger partial charge in [0, 0.05) is 6.61 Å². The van der Waals surface area contributed by atoms with Gasteiger partial charge in [-0.05, 0) is 30.9 Å². The molecule has 0 atom stereocenters. The van der Waals surface area contributed by atoms with Gasteiger partial charge in [-0.25, -0.2) is 8.42 Å². The first kappa shape index (κ1) is 19.1. The van der Waals surface area contributed by atoms with Crippen LogP contribution in [0.4, 0.5) is 0 Å². The lowest BCUT2D eigenvalue weighted by molar-refractivity contribution is 0.242. The van der Waals surface area contributed by atoms with E-state index in [1.165, 1.54) is 30.2 Å². The molecule has 1 rings (SSSR count). The summed E-state index contributed by atoms with van der Waals surface area (Å²) in [5, 5.41) is 17.4. The van der Waals surface area contributed by atoms with Gasteiger partial charge in [0.25, 0.3) is 10.0 Å². The van der Waals surface area contributed by atoms with Gasteiger partial charge < -0.3 is 10.3 Å². The predicted octanol–water partition coefficient (Wildman–Crippen LogP) is 3.01. The molecule has 0 spiro atoms. The molecule has 0 aliphatic rings. The van der Waals surface area contributed by atoms with Crippen LogP contribution in [0.15, 0.2) is 29.2 Å². The van der Waals surface area contributed by atoms with Gasteiger partial charge in [-0.15, -0.1) is 0 Å². The summed E-state index contributed by atoms with van der Waals surface area (Å²) in [5.74, 6) is 0. The van der Waals surface area contributed by atoms with Crippen LogP contribution in [0.3, 0.4) is 0 Å². The monoisotopic (exact) mass is 329 g/mol. The molecule has 3 N–H and O–H groups in total. The van der Waals surface area contributed by atoms with Crippen molar-refractivity contribution in [1.82, 2.24) is 4.89 Å². The second-order valence-electron chi connectivity index (χ2n) is 5.50. The Balaban J connectivity index is 2.29. The van der Waals surface area contributed by atoms with Crippen LogP contribution in [0.1, 0.15) is 56.9 Å². The van der Waals surface area contributed by atoms with Crippen molar-refractivity contribution in [3.63, 3.8) is 0 Å². The predicted molar refractivity (Wildman–Crippen MR) is 86.3 cm³/mol. The normalized spacial score (nSPS) is 11.7. The summed E-state index contributed by atoms with van der Waals surface area (Å²) in [7, 11) is -3.80. The average Bonchev–Trinajstić information content (AvgIpc) is 2.53. The Morgan fingerprint density at radius 3 is 2.00 bits per heavy atom. The van der Waals surface area contributed by atoms with Crippen molar-refractivity contribution < 1.29 is 18.7 Å². The van der Waals surface area contributed by atoms with Gasteiger partial charge in [-0.1, -0.05) is 61.6 Å². The number of hydrogen-bond donors (Lipinski definition) is 3. The molecule has 6 heteroatoms. The van der Waals surface area contributed by atoms with E-state index >= 15 is 0 Å². The maximum atomic E-state index is 11.7. The Hall–Kier alpha value is -0.950. The van der Waals surface area contributed by atoms with E-state index < -0.39 is 10.0 Å². The molecule has 1 aromatic rings. The highest BCUT2D eigenvalue weighted by atomic mass is 32.2. The number of rotatable bonds is 12. The summed E-state index contributed by atoms with van der Waals surface area (Å²) < 4.78 is 23.4. The van der Waals surface area contributed by atoms with Gasteiger partial charge in [-0.3, -0.25) is 0 Å². The minimum Gasteiger partial charge on any atom is -0.396 e. The molecule has 126 valence electrons. The largest absolute Gasteiger partial charge is 0.396 e. The highest BCUT2D eigenvalue weighted by Crippen LogP contribution is 2.18. The van der Waals surface area contributed by atoms with E-state index in [2.05, 4.69) is 0 Å². The Morgan fingerprint density at radius 1 is 0.864 bits per heavy atom. The van der Waals surface area contributed by atoms with Crippen molar-refractivity contribution >= 4 is 10.0 Å². The number of nitrogens with one attached hydrogen (secondary N) is 1. The van der Waals surface area contributed by atoms with Crippen LogP contribution in [-0.4, -0.2) is 25.3 Å². The first-order valence-electron chi connectivity index (χ1n) is 7.96. The van der Waals surface area contributed by atoms with Crippen molar-refractivity contribution in [2.45, 2.75) is 62.7 Å². The van der Waals surface area contributed by atoms with E-state index in [4.69, 9.17) is 10.3 Å². The summed E-state index contributed by atoms with van der Waals surface area (Å²) in [6.07, 6.45) is 9.39. The molecule has 0 heterocycles. The number of unbranched alkanes of at least 4 members (excludes halogenated alkanes) is 7. The van der Waals surface area contributed by atoms with E-state index in [1.807, 2.05) is 6.07 Å². The van der Waals surface area contributed by atoms with Crippen molar-refractivity contribution in [3.05, 3.63) is 29.8 Å². The Kier molecular flexibility index (Phi) is 9.31. The van der Waals surface area contributed by atoms with E-state index in [0.29, 0.717) is 6.42 Å². The molecule has 0 fully saturated rings. The number of benzene rings is 1. The summed E-state index contributed by atoms with van der Waals surface area (Å²) in [5.41, 5.74) is 0.743. The van der Waals surface area contributed by atoms with Crippen LogP contribution >= 0.6 is 0 Å². The van der Waals surface area contributed by atoms with E-state index in [0.717, 1.165) is 37.7 Å². The van der Waals surface area contributed by atoms with E-state index in [1.54, 1.807) is 12.1 Å². The molecule has 0 unspecified atom stereocenters. The van der Waals surface area contributed by atoms with Gasteiger partial charge in [-0.2, -0.15) is 0 Å². The fourth-order valence-corrected chi connectivity index (χ4v) is 3.38. The molecule has 22 heavy (non-hydrogen) atoms. The van der Waals surface area contributed by atoms with Gasteiger partial charge in [0.2, 0.25) is 0 Å². The second-order valence-corrected chi connectivity index (χ2v) is 7.13. The number of aryl methyl sites for hydroxylation is 1. The molecule has 0 amide bonds. The maximum absolute atomic E-state index is 11.7. The molecule has 0 radical (unpaired) electrons. The molecule has 0 aliphatic heterocycles. The lowest BCUT2D eigenvalue weighted by Crippen LogP contribution is -2.20. The Bertz CT molecular complexity index is 517. The summed E-state index contributed by atoms with van der Waals surface area (Å²) in [6.45, 7) is 0.283. The lowest BCUT2D eigenvalue weighted by Gasteiger charge is -2.09. The first-order chi connectivity index (χ1) is 10.6. The maximum Gasteiger partial charge on any atom is 0.262 e. The number of aliphatic hydroxyl groups excluding tert-OH is 1. The fraction of sp³-hybridized carbons (Fsp3) is 0.625. The van der Waals surface area contributed by atoms with Gasteiger partial charge in [0.05, 0.1) is 4.90 Å². The average molecular weight is 329 g/mol. The molecular formula is C16H27NO4S. The van der Waals surface area contributed by atoms with Crippen molar-refractivity contribution in [3.8, 4) is 0 Å². The highest BCUT2D eigenvalue weighted by Gasteiger charge is 2.16. The summed E-state index contributed by atoms with van der Waals surface area (Å²) in [6, 6.07) is 6.77. The molecule has 0 saturated heterocycles. The minimum absolute atomic E-state index is 0.154. The van der Waals surface area contributed by atoms with Crippen LogP contribution in [0.5, 0.6) is 0 Å². The highest BCUT2D eigenvalue weighted by molar-refractivity contribution is 7.89. The molecular weight excluding hydrogens is 302 g/mol. The zero-order valence-electron chi connectivity index (χ0n) is 13.0. The van der Waals surface area contributed by atoms with Crippen molar-refractivity contribution in [2.75, 3.05) is 6.61 Å². The quantitative estimate of drug-likeness (QED) is 0.406. The van der Waals surface area contributed by atoms with Crippen LogP contribution in [0.25, 0.3) is 0 Å². The SMILES string of the molecule is O=S(=O)(NO)c1ccccc1CCCCCCCCCCO. The molecule has 5 nitrogen and oxygen atoms in total. The topological polar surface area (TPSA) is 86.6 Å². The molecule has 0 saturated carbocycles. The van der Waals surface area contributed by atoms with Crippen molar-refractivity contribution in [2.24, 2.45) is 0 Å². The molecule has 0 bridgehead atoms. The Morgan fingerprint density at radius 2 is 1.41 bits per heavy atom. The van der Waals surface area contributed by atoms with Gasteiger partial charge in [0.1, 0.15) is 0 Å². The Labute approximate surface area is 133 Å². The second kappa shape index (κ2) is 10.7. The summed E-state index contributed by atoms with van der Waals surface area (Å²) in [4.78, 5) is 1.54. The van der Waals surface area contributed by atoms with Gasteiger partial charge in [0.15, 0.2) is 0 Å². The third-order valence-corrected chi connectivity index (χ3v) is 4.95. The lowest BCUT2D eigenvalue weighted by atomic mass is 10.0. The van der Waals surface area contributed by atoms with Crippen molar-refractivity contribution in [1.29, 1.82) is 0 Å². The number of hydrogen-bond acceptors (Lipinski definition) is 4. The fourth-order valence-electron chi connectivity index (χ4n) is 2.51. The smallest absolute Gasteiger partial charge is 0.262 e. The molecule has 0 aromatic heterocycles. The van der Waals surface area contributed by atoms with Crippen LogP contribution in [0, 0.1) is 0 Å². The van der Waals surface area contributed by atoms with Gasteiger partial charge >= 0.3 is 0 Å². The van der Waals surface area contributed by atoms with Crippen LogP contribution in [-0.2, 0) is 16.4 Å². The number of aliphatic hydroxyl groups is 1. The van der Waals surface area contributed by atoms with E-state index in [9.17, 15) is 8.42 Å². The zero-order valence-corrected chi connectivity index (χ0v) is 13.8. The standard InChI is InChI=1S/C16H27NO4S/c18-14-10-6-4-2-1-3-5-7-11-15-12-8-9-13-16(15)22(20,21)17-19/h8-9,12-13,17-19H,1-7,10-11,14H2. The third-order valence-electron chi connectivity index (χ3n) is 3.74. The first-order valence-corrected chi connectivity index (χ1v) is 9.45. The van der Waals surface area contributed by atoms with Crippen LogP contribution in [0.2, 0.25) is 0 Å². The van der Waals surface area contributed by atoms with Crippen LogP contribution < -0.4 is 4.89 Å². The molecule has 1 aromatic carbocycles. The third kappa shape index (κ3) is 6.87. The minimum atomic E-state index is -3.80. The number of sulfonamides is 1. The summed E-state index contributed by atoms with van der Waals surface area (Å²) >= 11 is 0. The zero-order chi connectivity index (χ0) is 16.3. The molecule has 0 aliphatic carbocycles. The van der Waals surface area contributed by atoms with E-state index in [-0.39, 0.29) is 11.5 Å².